The van der Waals surface area contributed by atoms with Crippen LogP contribution in [0, 0.1) is 5.92 Å². The molecule has 0 aliphatic carbocycles. The van der Waals surface area contributed by atoms with E-state index >= 15 is 0 Å². The summed E-state index contributed by atoms with van der Waals surface area (Å²) in [6.45, 7) is 5.39. The van der Waals surface area contributed by atoms with Crippen LogP contribution in [0.15, 0.2) is 35.2 Å². The van der Waals surface area contributed by atoms with Gasteiger partial charge < -0.3 is 9.80 Å². The minimum atomic E-state index is -3.66. The molecule has 1 heterocycles. The molecule has 0 aromatic heterocycles. The maximum atomic E-state index is 12.7. The summed E-state index contributed by atoms with van der Waals surface area (Å²) in [6, 6.07) is 7.82. The van der Waals surface area contributed by atoms with E-state index in [2.05, 4.69) is 4.72 Å². The number of likely N-dealkylation sites (N-methyl/N-ethyl adjacent to an activating group) is 1. The van der Waals surface area contributed by atoms with Crippen LogP contribution in [0.3, 0.4) is 0 Å². The van der Waals surface area contributed by atoms with Gasteiger partial charge in [-0.3, -0.25) is 9.59 Å². The largest absolute Gasteiger partial charge is 0.344 e. The van der Waals surface area contributed by atoms with E-state index in [0.717, 1.165) is 0 Å². The Labute approximate surface area is 168 Å². The minimum Gasteiger partial charge on any atom is -0.344 e. The molecule has 1 aliphatic rings. The predicted molar refractivity (Wildman–Crippen MR) is 108 cm³/mol. The number of carbonyl (C=O) groups is 2. The van der Waals surface area contributed by atoms with E-state index in [9.17, 15) is 18.0 Å². The van der Waals surface area contributed by atoms with Gasteiger partial charge in [0.1, 0.15) is 0 Å². The van der Waals surface area contributed by atoms with Crippen molar-refractivity contribution in [2.24, 2.45) is 5.92 Å². The van der Waals surface area contributed by atoms with Crippen LogP contribution >= 0.6 is 0 Å². The fraction of sp³-hybridized carbons (Fsp3) is 0.600. The van der Waals surface area contributed by atoms with Crippen molar-refractivity contribution >= 4 is 21.8 Å². The molecule has 0 bridgehead atoms. The molecule has 1 N–H and O–H groups in total. The molecule has 0 saturated carbocycles. The number of benzene rings is 1. The van der Waals surface area contributed by atoms with Crippen LogP contribution in [0.1, 0.15) is 39.5 Å². The highest BCUT2D eigenvalue weighted by Gasteiger charge is 2.30. The number of amides is 2. The lowest BCUT2D eigenvalue weighted by molar-refractivity contribution is -0.140. The molecule has 1 aromatic rings. The van der Waals surface area contributed by atoms with E-state index in [1.54, 1.807) is 42.3 Å². The fourth-order valence-electron chi connectivity index (χ4n) is 3.59. The molecule has 28 heavy (non-hydrogen) atoms. The highest BCUT2D eigenvalue weighted by molar-refractivity contribution is 7.89. The zero-order valence-electron chi connectivity index (χ0n) is 16.9. The maximum absolute atomic E-state index is 12.7. The zero-order valence-corrected chi connectivity index (χ0v) is 17.7. The Kier molecular flexibility index (Phi) is 8.00. The first kappa shape index (κ1) is 22.4. The molecule has 0 radical (unpaired) electrons. The van der Waals surface area contributed by atoms with Gasteiger partial charge >= 0.3 is 0 Å². The Morgan fingerprint density at radius 2 is 1.82 bits per heavy atom. The van der Waals surface area contributed by atoms with E-state index in [-0.39, 0.29) is 41.6 Å². The van der Waals surface area contributed by atoms with E-state index in [4.69, 9.17) is 0 Å². The van der Waals surface area contributed by atoms with Gasteiger partial charge in [-0.1, -0.05) is 24.6 Å². The molecule has 0 spiro atoms. The van der Waals surface area contributed by atoms with Gasteiger partial charge in [0.15, 0.2) is 0 Å². The van der Waals surface area contributed by atoms with Crippen LogP contribution in [-0.2, 0) is 19.6 Å². The zero-order chi connectivity index (χ0) is 20.7. The summed E-state index contributed by atoms with van der Waals surface area (Å²) in [5, 5.41) is 0. The molecule has 2 rings (SSSR count). The van der Waals surface area contributed by atoms with Crippen LogP contribution in [0.2, 0.25) is 0 Å². The second kappa shape index (κ2) is 10.0. The summed E-state index contributed by atoms with van der Waals surface area (Å²) in [6.07, 6.45) is 2.01. The molecule has 2 amide bonds. The first-order valence-corrected chi connectivity index (χ1v) is 11.4. The Morgan fingerprint density at radius 3 is 2.43 bits per heavy atom. The lowest BCUT2D eigenvalue weighted by atomic mass is 9.96. The van der Waals surface area contributed by atoms with Crippen molar-refractivity contribution in [1.82, 2.24) is 14.5 Å². The molecular weight excluding hydrogens is 378 g/mol. The molecule has 1 aliphatic heterocycles. The van der Waals surface area contributed by atoms with Crippen molar-refractivity contribution in [2.75, 3.05) is 26.7 Å². The third-order valence-corrected chi connectivity index (χ3v) is 6.78. The normalized spacial score (nSPS) is 21.5. The monoisotopic (exact) mass is 409 g/mol. The van der Waals surface area contributed by atoms with Crippen molar-refractivity contribution in [3.8, 4) is 0 Å². The second-order valence-electron chi connectivity index (χ2n) is 7.25. The Hall–Kier alpha value is -1.93. The molecule has 1 saturated heterocycles. The fourth-order valence-corrected chi connectivity index (χ4v) is 4.87. The van der Waals surface area contributed by atoms with Crippen molar-refractivity contribution in [3.05, 3.63) is 30.3 Å². The average molecular weight is 410 g/mol. The van der Waals surface area contributed by atoms with Gasteiger partial charge in [-0.25, -0.2) is 13.1 Å². The second-order valence-corrected chi connectivity index (χ2v) is 8.96. The number of hydrogen-bond acceptors (Lipinski definition) is 4. The topological polar surface area (TPSA) is 86.8 Å². The standard InChI is InChI=1S/C20H31N3O4S/c1-4-23(5-2)20(25)16-10-9-11-17(15-22(3)19(24)14-16)21-28(26,27)18-12-7-6-8-13-18/h6-8,12-13,16-17,21H,4-5,9-11,14-15H2,1-3H3/t16-,17-/m1/s1. The number of hydrogen-bond donors (Lipinski definition) is 1. The van der Waals surface area contributed by atoms with Gasteiger partial charge in [-0.2, -0.15) is 0 Å². The molecule has 8 heteroatoms. The summed E-state index contributed by atoms with van der Waals surface area (Å²) in [4.78, 5) is 28.8. The van der Waals surface area contributed by atoms with Crippen molar-refractivity contribution < 1.29 is 18.0 Å². The van der Waals surface area contributed by atoms with Crippen LogP contribution in [0.5, 0.6) is 0 Å². The number of rotatable bonds is 6. The molecule has 1 aromatic carbocycles. The summed E-state index contributed by atoms with van der Waals surface area (Å²) in [7, 11) is -1.99. The van der Waals surface area contributed by atoms with Gasteiger partial charge in [-0.15, -0.1) is 0 Å². The van der Waals surface area contributed by atoms with Crippen LogP contribution < -0.4 is 4.72 Å². The summed E-state index contributed by atoms with van der Waals surface area (Å²) < 4.78 is 28.0. The summed E-state index contributed by atoms with van der Waals surface area (Å²) >= 11 is 0. The van der Waals surface area contributed by atoms with Crippen molar-refractivity contribution in [1.29, 1.82) is 0 Å². The third-order valence-electron chi connectivity index (χ3n) is 5.25. The van der Waals surface area contributed by atoms with Gasteiger partial charge in [0.25, 0.3) is 0 Å². The van der Waals surface area contributed by atoms with Crippen molar-refractivity contribution in [2.45, 2.75) is 50.5 Å². The SMILES string of the molecule is CCN(CC)C(=O)[C@@H]1CCC[C@@H](NS(=O)(=O)c2ccccc2)CN(C)C(=O)C1. The van der Waals surface area contributed by atoms with Crippen molar-refractivity contribution in [3.63, 3.8) is 0 Å². The Balaban J connectivity index is 2.12. The number of nitrogens with one attached hydrogen (secondary N) is 1. The molecule has 0 unspecified atom stereocenters. The van der Waals surface area contributed by atoms with Crippen LogP contribution in [-0.4, -0.2) is 62.8 Å². The predicted octanol–water partition coefficient (Wildman–Crippen LogP) is 1.85. The molecule has 1 fully saturated rings. The van der Waals surface area contributed by atoms with E-state index in [1.807, 2.05) is 13.8 Å². The Morgan fingerprint density at radius 1 is 1.18 bits per heavy atom. The molecule has 7 nitrogen and oxygen atoms in total. The summed E-state index contributed by atoms with van der Waals surface area (Å²) in [5.74, 6) is -0.467. The minimum absolute atomic E-state index is 0.00932. The van der Waals surface area contributed by atoms with Crippen LogP contribution in [0.4, 0.5) is 0 Å². The molecule has 2 atom stereocenters. The van der Waals surface area contributed by atoms with Crippen LogP contribution in [0.25, 0.3) is 0 Å². The Bertz CT molecular complexity index is 763. The quantitative estimate of drug-likeness (QED) is 0.777. The first-order chi connectivity index (χ1) is 13.3. The average Bonchev–Trinajstić information content (AvgIpc) is 2.73. The van der Waals surface area contributed by atoms with E-state index in [0.29, 0.717) is 32.4 Å². The van der Waals surface area contributed by atoms with Gasteiger partial charge in [0.2, 0.25) is 21.8 Å². The van der Waals surface area contributed by atoms with E-state index < -0.39 is 10.0 Å². The van der Waals surface area contributed by atoms with Gasteiger partial charge in [0.05, 0.1) is 4.90 Å². The number of sulfonamides is 1. The number of nitrogens with zero attached hydrogens (tertiary/aromatic N) is 2. The molecule has 156 valence electrons. The first-order valence-electron chi connectivity index (χ1n) is 9.88. The highest BCUT2D eigenvalue weighted by Crippen LogP contribution is 2.21. The van der Waals surface area contributed by atoms with Gasteiger partial charge in [-0.05, 0) is 38.8 Å². The molecular formula is C20H31N3O4S. The number of carbonyl (C=O) groups excluding carboxylic acids is 2. The summed E-state index contributed by atoms with van der Waals surface area (Å²) in [5.41, 5.74) is 0. The van der Waals surface area contributed by atoms with E-state index in [1.165, 1.54) is 4.90 Å². The maximum Gasteiger partial charge on any atom is 0.240 e. The highest BCUT2D eigenvalue weighted by atomic mass is 32.2. The van der Waals surface area contributed by atoms with Gasteiger partial charge in [0, 0.05) is 45.1 Å². The lowest BCUT2D eigenvalue weighted by Crippen LogP contribution is -2.44. The third kappa shape index (κ3) is 5.78. The smallest absolute Gasteiger partial charge is 0.240 e. The lowest BCUT2D eigenvalue weighted by Gasteiger charge is -2.26.